The van der Waals surface area contributed by atoms with Crippen molar-refractivity contribution < 1.29 is 24.2 Å². The quantitative estimate of drug-likeness (QED) is 0.176. The van der Waals surface area contributed by atoms with Gasteiger partial charge in [-0.25, -0.2) is 4.79 Å². The van der Waals surface area contributed by atoms with Gasteiger partial charge in [-0.2, -0.15) is 0 Å². The van der Waals surface area contributed by atoms with Gasteiger partial charge >= 0.3 is 5.97 Å². The van der Waals surface area contributed by atoms with Crippen molar-refractivity contribution in [2.24, 2.45) is 5.92 Å². The number of hydrogen-bond donors (Lipinski definition) is 2. The molecular formula is C43H48N2O5. The summed E-state index contributed by atoms with van der Waals surface area (Å²) in [7, 11) is 0. The van der Waals surface area contributed by atoms with E-state index in [1.165, 1.54) is 12.5 Å². The lowest BCUT2D eigenvalue weighted by molar-refractivity contribution is -0.152. The molecule has 0 aromatic heterocycles. The highest BCUT2D eigenvalue weighted by Gasteiger charge is 2.52. The van der Waals surface area contributed by atoms with E-state index in [-0.39, 0.29) is 23.7 Å². The first-order valence-electron chi connectivity index (χ1n) is 17.8. The van der Waals surface area contributed by atoms with E-state index in [0.29, 0.717) is 36.4 Å². The Hall–Kier alpha value is -4.91. The van der Waals surface area contributed by atoms with Crippen LogP contribution in [0.25, 0.3) is 11.1 Å². The number of benzene rings is 4. The van der Waals surface area contributed by atoms with E-state index in [1.807, 2.05) is 84.9 Å². The highest BCUT2D eigenvalue weighted by Crippen LogP contribution is 2.46. The van der Waals surface area contributed by atoms with Crippen molar-refractivity contribution in [3.63, 3.8) is 0 Å². The average Bonchev–Trinajstić information content (AvgIpc) is 3.61. The van der Waals surface area contributed by atoms with E-state index >= 15 is 0 Å². The number of aliphatic carboxylic acids is 1. The van der Waals surface area contributed by atoms with Crippen molar-refractivity contribution >= 4 is 17.8 Å². The standard InChI is InChI=1S/C43H48N2O5/c1-29(46)45-25-24-34-18-21-37(50-36-22-19-35(20-23-36)42(2,3)4)27-38(34)43(45,28-31-10-8-9-11-31)41(49)44-39(40(47)48)26-30-14-16-33(17-15-30)32-12-6-5-7-13-32/h5-7,12-23,27,31,39H,8-11,24-26,28H2,1-4H3,(H,44,49)(H,47,48)/t39-,43?/m0/s1. The number of ether oxygens (including phenoxy) is 1. The number of nitrogens with one attached hydrogen (secondary N) is 1. The molecule has 0 bridgehead atoms. The molecule has 1 saturated carbocycles. The van der Waals surface area contributed by atoms with Gasteiger partial charge in [-0.15, -0.1) is 0 Å². The number of fused-ring (bicyclic) bond motifs is 1. The van der Waals surface area contributed by atoms with Gasteiger partial charge in [0.25, 0.3) is 5.91 Å². The van der Waals surface area contributed by atoms with Crippen molar-refractivity contribution in [1.82, 2.24) is 10.2 Å². The van der Waals surface area contributed by atoms with Crippen molar-refractivity contribution in [1.29, 1.82) is 0 Å². The topological polar surface area (TPSA) is 95.9 Å². The average molecular weight is 673 g/mol. The van der Waals surface area contributed by atoms with E-state index in [0.717, 1.165) is 47.9 Å². The van der Waals surface area contributed by atoms with Gasteiger partial charge in [-0.1, -0.05) is 119 Å². The first kappa shape index (κ1) is 34.9. The summed E-state index contributed by atoms with van der Waals surface area (Å²) in [5.74, 6) is -0.335. The van der Waals surface area contributed by atoms with E-state index in [1.54, 1.807) is 4.90 Å². The Morgan fingerprint density at radius 2 is 1.52 bits per heavy atom. The molecule has 0 spiro atoms. The van der Waals surface area contributed by atoms with Crippen LogP contribution in [0, 0.1) is 5.92 Å². The van der Waals surface area contributed by atoms with Crippen LogP contribution in [-0.2, 0) is 38.2 Å². The van der Waals surface area contributed by atoms with Crippen LogP contribution in [0.5, 0.6) is 11.5 Å². The Bertz CT molecular complexity index is 1820. The van der Waals surface area contributed by atoms with Gasteiger partial charge in [-0.3, -0.25) is 9.59 Å². The van der Waals surface area contributed by atoms with Crippen LogP contribution in [0.2, 0.25) is 0 Å². The molecule has 0 radical (unpaired) electrons. The van der Waals surface area contributed by atoms with Gasteiger partial charge in [0.1, 0.15) is 23.1 Å². The van der Waals surface area contributed by atoms with E-state index in [9.17, 15) is 19.5 Å². The maximum absolute atomic E-state index is 14.9. The van der Waals surface area contributed by atoms with Crippen molar-refractivity contribution in [2.75, 3.05) is 6.54 Å². The first-order chi connectivity index (χ1) is 23.9. The maximum atomic E-state index is 14.9. The van der Waals surface area contributed by atoms with Crippen LogP contribution >= 0.6 is 0 Å². The van der Waals surface area contributed by atoms with Gasteiger partial charge in [0.2, 0.25) is 5.91 Å². The van der Waals surface area contributed by atoms with Gasteiger partial charge in [-0.05, 0) is 81.8 Å². The van der Waals surface area contributed by atoms with Crippen LogP contribution in [0.3, 0.4) is 0 Å². The van der Waals surface area contributed by atoms with Crippen LogP contribution in [0.1, 0.15) is 82.1 Å². The van der Waals surface area contributed by atoms with Gasteiger partial charge < -0.3 is 20.1 Å². The van der Waals surface area contributed by atoms with Crippen molar-refractivity contribution in [2.45, 2.75) is 89.6 Å². The Labute approximate surface area is 295 Å². The van der Waals surface area contributed by atoms with E-state index in [4.69, 9.17) is 4.74 Å². The Kier molecular flexibility index (Phi) is 10.1. The summed E-state index contributed by atoms with van der Waals surface area (Å²) in [6.45, 7) is 8.37. The molecule has 1 aliphatic carbocycles. The molecule has 2 N–H and O–H groups in total. The van der Waals surface area contributed by atoms with Gasteiger partial charge in [0, 0.05) is 19.9 Å². The molecule has 2 aliphatic rings. The fourth-order valence-electron chi connectivity index (χ4n) is 7.74. The SMILES string of the molecule is CC(=O)N1CCc2ccc(Oc3ccc(C(C)(C)C)cc3)cc2C1(CC1CCCC1)C(=O)N[C@@H](Cc1ccc(-c2ccccc2)cc1)C(=O)O. The summed E-state index contributed by atoms with van der Waals surface area (Å²) in [6.07, 6.45) is 5.18. The Morgan fingerprint density at radius 3 is 2.14 bits per heavy atom. The summed E-state index contributed by atoms with van der Waals surface area (Å²) < 4.78 is 6.36. The predicted octanol–water partition coefficient (Wildman–Crippen LogP) is 8.44. The lowest BCUT2D eigenvalue weighted by Crippen LogP contribution is -2.63. The van der Waals surface area contributed by atoms with Gasteiger partial charge in [0.15, 0.2) is 0 Å². The Balaban J connectivity index is 1.34. The summed E-state index contributed by atoms with van der Waals surface area (Å²) in [4.78, 5) is 42.8. The first-order valence-corrected chi connectivity index (χ1v) is 17.8. The second-order valence-corrected chi connectivity index (χ2v) is 15.0. The second kappa shape index (κ2) is 14.5. The summed E-state index contributed by atoms with van der Waals surface area (Å²) in [5.41, 5.74) is 4.39. The molecule has 1 aliphatic heterocycles. The number of carboxylic acid groups (broad SMARTS) is 1. The maximum Gasteiger partial charge on any atom is 0.326 e. The molecule has 1 unspecified atom stereocenters. The zero-order valence-electron chi connectivity index (χ0n) is 29.6. The fourth-order valence-corrected chi connectivity index (χ4v) is 7.74. The number of carboxylic acids is 1. The van der Waals surface area contributed by atoms with Crippen LogP contribution in [0.4, 0.5) is 0 Å². The lowest BCUT2D eigenvalue weighted by Gasteiger charge is -2.48. The van der Waals surface area contributed by atoms with Crippen LogP contribution in [0.15, 0.2) is 97.1 Å². The number of amides is 2. The minimum absolute atomic E-state index is 0.00707. The zero-order valence-corrected chi connectivity index (χ0v) is 29.6. The minimum atomic E-state index is -1.38. The van der Waals surface area contributed by atoms with E-state index in [2.05, 4.69) is 38.2 Å². The minimum Gasteiger partial charge on any atom is -0.480 e. The number of carbonyl (C=O) groups is 3. The third kappa shape index (κ3) is 7.47. The Morgan fingerprint density at radius 1 is 0.880 bits per heavy atom. The predicted molar refractivity (Wildman–Crippen MR) is 196 cm³/mol. The summed E-state index contributed by atoms with van der Waals surface area (Å²) >= 11 is 0. The van der Waals surface area contributed by atoms with E-state index < -0.39 is 23.5 Å². The number of nitrogens with zero attached hydrogens (tertiary/aromatic N) is 1. The largest absolute Gasteiger partial charge is 0.480 e. The third-order valence-corrected chi connectivity index (χ3v) is 10.5. The third-order valence-electron chi connectivity index (χ3n) is 10.5. The number of rotatable bonds is 10. The molecule has 7 nitrogen and oxygen atoms in total. The summed E-state index contributed by atoms with van der Waals surface area (Å²) in [5, 5.41) is 13.4. The van der Waals surface area contributed by atoms with Crippen molar-refractivity contribution in [3.05, 3.63) is 119 Å². The highest BCUT2D eigenvalue weighted by atomic mass is 16.5. The fraction of sp³-hybridized carbons (Fsp3) is 0.372. The molecule has 1 fully saturated rings. The molecule has 7 heteroatoms. The molecule has 1 heterocycles. The lowest BCUT2D eigenvalue weighted by atomic mass is 9.73. The monoisotopic (exact) mass is 672 g/mol. The number of carbonyl (C=O) groups excluding carboxylic acids is 2. The molecular weight excluding hydrogens is 624 g/mol. The number of hydrogen-bond acceptors (Lipinski definition) is 4. The highest BCUT2D eigenvalue weighted by molar-refractivity contribution is 5.95. The smallest absolute Gasteiger partial charge is 0.326 e. The molecule has 50 heavy (non-hydrogen) atoms. The van der Waals surface area contributed by atoms with Gasteiger partial charge in [0.05, 0.1) is 0 Å². The molecule has 260 valence electrons. The summed E-state index contributed by atoms with van der Waals surface area (Å²) in [6, 6.07) is 30.4. The normalized spacial score (nSPS) is 18.3. The molecule has 4 aromatic carbocycles. The molecule has 2 amide bonds. The molecule has 6 rings (SSSR count). The second-order valence-electron chi connectivity index (χ2n) is 15.0. The van der Waals surface area contributed by atoms with Crippen LogP contribution < -0.4 is 10.1 Å². The molecule has 4 aromatic rings. The zero-order chi connectivity index (χ0) is 35.5. The van der Waals surface area contributed by atoms with Crippen LogP contribution in [-0.4, -0.2) is 40.4 Å². The van der Waals surface area contributed by atoms with Crippen molar-refractivity contribution in [3.8, 4) is 22.6 Å². The molecule has 2 atom stereocenters. The molecule has 0 saturated heterocycles.